The molecule has 1 amide bonds. The largest absolute Gasteiger partial charge is 0.339 e. The van der Waals surface area contributed by atoms with E-state index in [1.54, 1.807) is 41.3 Å². The SMILES string of the molecule is O=C(Nc1ccc(Nc2ccc(-n3cccn3)nn2)cc1)c1ccc(Cl)cc1. The van der Waals surface area contributed by atoms with Gasteiger partial charge in [0.1, 0.15) is 0 Å². The Bertz CT molecular complexity index is 1060. The maximum absolute atomic E-state index is 12.2. The van der Waals surface area contributed by atoms with Crippen LogP contribution in [0.1, 0.15) is 10.4 Å². The Labute approximate surface area is 166 Å². The minimum atomic E-state index is -0.197. The molecule has 0 aliphatic carbocycles. The van der Waals surface area contributed by atoms with E-state index >= 15 is 0 Å². The second-order valence-corrected chi connectivity index (χ2v) is 6.33. The van der Waals surface area contributed by atoms with Gasteiger partial charge >= 0.3 is 0 Å². The highest BCUT2D eigenvalue weighted by Crippen LogP contribution is 2.19. The van der Waals surface area contributed by atoms with Crippen molar-refractivity contribution in [2.24, 2.45) is 0 Å². The highest BCUT2D eigenvalue weighted by Gasteiger charge is 2.06. The highest BCUT2D eigenvalue weighted by molar-refractivity contribution is 6.30. The predicted molar refractivity (Wildman–Crippen MR) is 108 cm³/mol. The molecule has 138 valence electrons. The van der Waals surface area contributed by atoms with Gasteiger partial charge in [-0.3, -0.25) is 4.79 Å². The number of carbonyl (C=O) groups is 1. The van der Waals surface area contributed by atoms with Crippen molar-refractivity contribution in [3.8, 4) is 5.82 Å². The first-order valence-electron chi connectivity index (χ1n) is 8.45. The van der Waals surface area contributed by atoms with Crippen LogP contribution in [0.25, 0.3) is 5.82 Å². The van der Waals surface area contributed by atoms with Crippen LogP contribution in [0.15, 0.2) is 79.1 Å². The number of carbonyl (C=O) groups excluding carboxylic acids is 1. The van der Waals surface area contributed by atoms with Crippen molar-refractivity contribution in [3.63, 3.8) is 0 Å². The molecule has 0 aliphatic heterocycles. The third-order valence-electron chi connectivity index (χ3n) is 3.91. The van der Waals surface area contributed by atoms with Crippen molar-refractivity contribution in [1.29, 1.82) is 0 Å². The summed E-state index contributed by atoms with van der Waals surface area (Å²) in [7, 11) is 0. The van der Waals surface area contributed by atoms with Crippen LogP contribution in [0.5, 0.6) is 0 Å². The van der Waals surface area contributed by atoms with Crippen molar-refractivity contribution in [1.82, 2.24) is 20.0 Å². The fourth-order valence-corrected chi connectivity index (χ4v) is 2.63. The lowest BCUT2D eigenvalue weighted by molar-refractivity contribution is 0.102. The zero-order valence-corrected chi connectivity index (χ0v) is 15.3. The van der Waals surface area contributed by atoms with Gasteiger partial charge in [0.25, 0.3) is 5.91 Å². The van der Waals surface area contributed by atoms with Gasteiger partial charge in [-0.25, -0.2) is 4.68 Å². The Morgan fingerprint density at radius 2 is 1.64 bits per heavy atom. The summed E-state index contributed by atoms with van der Waals surface area (Å²) in [5.74, 6) is 1.04. The zero-order valence-electron chi connectivity index (χ0n) is 14.6. The number of anilines is 3. The first kappa shape index (κ1) is 17.7. The summed E-state index contributed by atoms with van der Waals surface area (Å²) >= 11 is 5.84. The summed E-state index contributed by atoms with van der Waals surface area (Å²) < 4.78 is 1.63. The number of halogens is 1. The molecule has 0 saturated carbocycles. The van der Waals surface area contributed by atoms with Gasteiger partial charge in [-0.1, -0.05) is 11.6 Å². The number of hydrogen-bond donors (Lipinski definition) is 2. The molecule has 28 heavy (non-hydrogen) atoms. The minimum absolute atomic E-state index is 0.197. The number of benzene rings is 2. The predicted octanol–water partition coefficient (Wildman–Crippen LogP) is 4.31. The number of hydrogen-bond acceptors (Lipinski definition) is 5. The summed E-state index contributed by atoms with van der Waals surface area (Å²) in [6, 6.07) is 19.5. The smallest absolute Gasteiger partial charge is 0.255 e. The Morgan fingerprint density at radius 1 is 0.893 bits per heavy atom. The Hall–Kier alpha value is -3.71. The van der Waals surface area contributed by atoms with Gasteiger partial charge in [0.15, 0.2) is 11.6 Å². The van der Waals surface area contributed by atoms with Crippen LogP contribution in [-0.4, -0.2) is 25.9 Å². The second kappa shape index (κ2) is 7.89. The van der Waals surface area contributed by atoms with Crippen LogP contribution in [-0.2, 0) is 0 Å². The fourth-order valence-electron chi connectivity index (χ4n) is 2.51. The molecule has 2 heterocycles. The van der Waals surface area contributed by atoms with Crippen LogP contribution < -0.4 is 10.6 Å². The molecule has 2 aromatic carbocycles. The molecule has 0 fully saturated rings. The standard InChI is InChI=1S/C20H15ClN6O/c21-15-4-2-14(3-5-15)20(28)24-17-8-6-16(7-9-17)23-18-10-11-19(26-25-18)27-13-1-12-22-27/h1-13H,(H,23,25)(H,24,28). The number of aromatic nitrogens is 4. The topological polar surface area (TPSA) is 84.7 Å². The van der Waals surface area contributed by atoms with Gasteiger partial charge in [-0.05, 0) is 66.7 Å². The molecule has 0 bridgehead atoms. The van der Waals surface area contributed by atoms with E-state index in [-0.39, 0.29) is 5.91 Å². The first-order chi connectivity index (χ1) is 13.7. The summed E-state index contributed by atoms with van der Waals surface area (Å²) in [6.07, 6.45) is 3.48. The van der Waals surface area contributed by atoms with Gasteiger partial charge in [0, 0.05) is 34.4 Å². The van der Waals surface area contributed by atoms with E-state index in [2.05, 4.69) is 25.9 Å². The lowest BCUT2D eigenvalue weighted by Crippen LogP contribution is -2.11. The molecule has 0 aliphatic rings. The summed E-state index contributed by atoms with van der Waals surface area (Å²) in [5.41, 5.74) is 2.05. The van der Waals surface area contributed by atoms with E-state index in [0.29, 0.717) is 27.9 Å². The molecule has 0 saturated heterocycles. The molecule has 0 spiro atoms. The Kier molecular flexibility index (Phi) is 4.99. The van der Waals surface area contributed by atoms with Crippen molar-refractivity contribution in [2.75, 3.05) is 10.6 Å². The van der Waals surface area contributed by atoms with E-state index in [1.807, 2.05) is 42.5 Å². The van der Waals surface area contributed by atoms with E-state index in [9.17, 15) is 4.79 Å². The highest BCUT2D eigenvalue weighted by atomic mass is 35.5. The third-order valence-corrected chi connectivity index (χ3v) is 4.16. The van der Waals surface area contributed by atoms with Crippen molar-refractivity contribution < 1.29 is 4.79 Å². The van der Waals surface area contributed by atoms with Gasteiger partial charge in [0.05, 0.1) is 0 Å². The van der Waals surface area contributed by atoms with E-state index in [0.717, 1.165) is 5.69 Å². The molecule has 4 aromatic rings. The van der Waals surface area contributed by atoms with E-state index < -0.39 is 0 Å². The summed E-state index contributed by atoms with van der Waals surface area (Å²) in [5, 5.41) is 19.0. The number of nitrogens with one attached hydrogen (secondary N) is 2. The summed E-state index contributed by atoms with van der Waals surface area (Å²) in [6.45, 7) is 0. The van der Waals surface area contributed by atoms with Crippen LogP contribution in [0.2, 0.25) is 5.02 Å². The maximum atomic E-state index is 12.2. The Morgan fingerprint density at radius 3 is 2.29 bits per heavy atom. The van der Waals surface area contributed by atoms with Crippen molar-refractivity contribution in [2.45, 2.75) is 0 Å². The fraction of sp³-hybridized carbons (Fsp3) is 0. The molecule has 0 unspecified atom stereocenters. The number of amides is 1. The van der Waals surface area contributed by atoms with Crippen LogP contribution >= 0.6 is 11.6 Å². The molecule has 7 nitrogen and oxygen atoms in total. The molecule has 0 atom stereocenters. The molecular formula is C20H15ClN6O. The van der Waals surface area contributed by atoms with Gasteiger partial charge < -0.3 is 10.6 Å². The molecule has 2 N–H and O–H groups in total. The normalized spacial score (nSPS) is 10.5. The van der Waals surface area contributed by atoms with Crippen molar-refractivity contribution >= 4 is 34.7 Å². The van der Waals surface area contributed by atoms with Crippen LogP contribution in [0, 0.1) is 0 Å². The lowest BCUT2D eigenvalue weighted by Gasteiger charge is -2.08. The average Bonchev–Trinajstić information content (AvgIpc) is 3.25. The molecule has 0 radical (unpaired) electrons. The molecular weight excluding hydrogens is 376 g/mol. The molecule has 2 aromatic heterocycles. The van der Waals surface area contributed by atoms with Gasteiger partial charge in [-0.15, -0.1) is 10.2 Å². The van der Waals surface area contributed by atoms with Crippen LogP contribution in [0.3, 0.4) is 0 Å². The van der Waals surface area contributed by atoms with Gasteiger partial charge in [0.2, 0.25) is 0 Å². The van der Waals surface area contributed by atoms with E-state index in [1.165, 1.54) is 0 Å². The average molecular weight is 391 g/mol. The van der Waals surface area contributed by atoms with Crippen molar-refractivity contribution in [3.05, 3.63) is 89.7 Å². The second-order valence-electron chi connectivity index (χ2n) is 5.89. The molecule has 4 rings (SSSR count). The number of rotatable bonds is 5. The Balaban J connectivity index is 1.39. The van der Waals surface area contributed by atoms with Crippen LogP contribution in [0.4, 0.5) is 17.2 Å². The first-order valence-corrected chi connectivity index (χ1v) is 8.83. The monoisotopic (exact) mass is 390 g/mol. The lowest BCUT2D eigenvalue weighted by atomic mass is 10.2. The minimum Gasteiger partial charge on any atom is -0.339 e. The third kappa shape index (κ3) is 4.16. The zero-order chi connectivity index (χ0) is 19.3. The quantitative estimate of drug-likeness (QED) is 0.530. The molecule has 8 heteroatoms. The van der Waals surface area contributed by atoms with E-state index in [4.69, 9.17) is 11.6 Å². The number of nitrogens with zero attached hydrogens (tertiary/aromatic N) is 4. The maximum Gasteiger partial charge on any atom is 0.255 e. The summed E-state index contributed by atoms with van der Waals surface area (Å²) in [4.78, 5) is 12.2. The van der Waals surface area contributed by atoms with Gasteiger partial charge in [-0.2, -0.15) is 5.10 Å².